The number of hydrogen-bond acceptors (Lipinski definition) is 4. The molecule has 1 heterocycles. The van der Waals surface area contributed by atoms with Gasteiger partial charge in [0.25, 0.3) is 0 Å². The SMILES string of the molecule is Cc1cccc(-n2nnnc2-c2cccc(N)c2)c1. The number of nitrogens with zero attached hydrogens (tertiary/aromatic N) is 4. The molecule has 0 saturated carbocycles. The van der Waals surface area contributed by atoms with Gasteiger partial charge < -0.3 is 5.73 Å². The second kappa shape index (κ2) is 4.53. The molecule has 0 fully saturated rings. The smallest absolute Gasteiger partial charge is 0.187 e. The Morgan fingerprint density at radius 1 is 1.05 bits per heavy atom. The third-order valence-corrected chi connectivity index (χ3v) is 2.86. The highest BCUT2D eigenvalue weighted by Gasteiger charge is 2.10. The molecule has 0 aliphatic rings. The minimum Gasteiger partial charge on any atom is -0.399 e. The molecule has 0 radical (unpaired) electrons. The van der Waals surface area contributed by atoms with Crippen molar-refractivity contribution in [2.24, 2.45) is 0 Å². The van der Waals surface area contributed by atoms with Crippen molar-refractivity contribution in [3.63, 3.8) is 0 Å². The second-order valence-electron chi connectivity index (χ2n) is 4.38. The summed E-state index contributed by atoms with van der Waals surface area (Å²) in [6.07, 6.45) is 0. The number of nitrogens with two attached hydrogens (primary N) is 1. The first-order valence-corrected chi connectivity index (χ1v) is 5.95. The average Bonchev–Trinajstić information content (AvgIpc) is 2.88. The minimum atomic E-state index is 0.679. The quantitative estimate of drug-likeness (QED) is 0.709. The first kappa shape index (κ1) is 11.4. The van der Waals surface area contributed by atoms with E-state index < -0.39 is 0 Å². The molecule has 2 aromatic carbocycles. The van der Waals surface area contributed by atoms with Crippen LogP contribution in [0.2, 0.25) is 0 Å². The number of hydrogen-bond donors (Lipinski definition) is 1. The van der Waals surface area contributed by atoms with Gasteiger partial charge in [0.2, 0.25) is 0 Å². The Morgan fingerprint density at radius 3 is 2.68 bits per heavy atom. The van der Waals surface area contributed by atoms with Crippen LogP contribution >= 0.6 is 0 Å². The summed E-state index contributed by atoms with van der Waals surface area (Å²) in [5.74, 6) is 0.679. The predicted octanol–water partition coefficient (Wildman–Crippen LogP) is 2.22. The van der Waals surface area contributed by atoms with Crippen LogP contribution in [0.3, 0.4) is 0 Å². The lowest BCUT2D eigenvalue weighted by molar-refractivity contribution is 0.790. The van der Waals surface area contributed by atoms with Crippen LogP contribution in [0.5, 0.6) is 0 Å². The van der Waals surface area contributed by atoms with Crippen molar-refractivity contribution in [2.75, 3.05) is 5.73 Å². The van der Waals surface area contributed by atoms with Crippen molar-refractivity contribution >= 4 is 5.69 Å². The summed E-state index contributed by atoms with van der Waals surface area (Å²) in [5.41, 5.74) is 9.48. The summed E-state index contributed by atoms with van der Waals surface area (Å²) in [4.78, 5) is 0. The summed E-state index contributed by atoms with van der Waals surface area (Å²) in [7, 11) is 0. The largest absolute Gasteiger partial charge is 0.399 e. The molecule has 3 aromatic rings. The lowest BCUT2D eigenvalue weighted by Crippen LogP contribution is -2.00. The third-order valence-electron chi connectivity index (χ3n) is 2.86. The van der Waals surface area contributed by atoms with E-state index in [1.165, 1.54) is 0 Å². The molecule has 0 amide bonds. The molecule has 19 heavy (non-hydrogen) atoms. The summed E-state index contributed by atoms with van der Waals surface area (Å²) in [6, 6.07) is 15.5. The number of rotatable bonds is 2. The summed E-state index contributed by atoms with van der Waals surface area (Å²) in [6.45, 7) is 2.04. The van der Waals surface area contributed by atoms with Crippen LogP contribution in [0.15, 0.2) is 48.5 Å². The number of anilines is 1. The van der Waals surface area contributed by atoms with Crippen LogP contribution in [-0.2, 0) is 0 Å². The highest BCUT2D eigenvalue weighted by Crippen LogP contribution is 2.21. The first-order valence-electron chi connectivity index (χ1n) is 5.95. The van der Waals surface area contributed by atoms with Gasteiger partial charge in [0, 0.05) is 11.3 Å². The normalized spacial score (nSPS) is 10.6. The molecule has 3 rings (SSSR count). The molecule has 94 valence electrons. The lowest BCUT2D eigenvalue weighted by atomic mass is 10.2. The van der Waals surface area contributed by atoms with Crippen LogP contribution < -0.4 is 5.73 Å². The van der Waals surface area contributed by atoms with Crippen LogP contribution in [0, 0.1) is 6.92 Å². The molecule has 0 bridgehead atoms. The second-order valence-corrected chi connectivity index (χ2v) is 4.38. The number of aryl methyl sites for hydroxylation is 1. The molecular formula is C14H13N5. The standard InChI is InChI=1S/C14H13N5/c1-10-4-2-7-13(8-10)19-14(16-17-18-19)11-5-3-6-12(15)9-11/h2-9H,15H2,1H3. The predicted molar refractivity (Wildman–Crippen MR) is 73.7 cm³/mol. The van der Waals surface area contributed by atoms with E-state index in [2.05, 4.69) is 15.5 Å². The Bertz CT molecular complexity index is 657. The Kier molecular flexibility index (Phi) is 2.72. The molecule has 0 saturated heterocycles. The van der Waals surface area contributed by atoms with Gasteiger partial charge in [-0.15, -0.1) is 5.10 Å². The van der Waals surface area contributed by atoms with Crippen LogP contribution in [0.4, 0.5) is 5.69 Å². The highest BCUT2D eigenvalue weighted by atomic mass is 15.5. The molecular weight excluding hydrogens is 238 g/mol. The monoisotopic (exact) mass is 251 g/mol. The number of tetrazole rings is 1. The average molecular weight is 251 g/mol. The summed E-state index contributed by atoms with van der Waals surface area (Å²) < 4.78 is 1.71. The molecule has 0 aliphatic heterocycles. The van der Waals surface area contributed by atoms with Crippen molar-refractivity contribution in [3.8, 4) is 17.1 Å². The van der Waals surface area contributed by atoms with Crippen molar-refractivity contribution in [1.29, 1.82) is 0 Å². The maximum absolute atomic E-state index is 5.80. The van der Waals surface area contributed by atoms with E-state index in [1.54, 1.807) is 4.68 Å². The van der Waals surface area contributed by atoms with Gasteiger partial charge in [0.1, 0.15) is 0 Å². The van der Waals surface area contributed by atoms with Crippen molar-refractivity contribution in [3.05, 3.63) is 54.1 Å². The van der Waals surface area contributed by atoms with Gasteiger partial charge >= 0.3 is 0 Å². The van der Waals surface area contributed by atoms with Gasteiger partial charge in [-0.3, -0.25) is 0 Å². The number of nitrogen functional groups attached to an aromatic ring is 1. The molecule has 0 aliphatic carbocycles. The fourth-order valence-corrected chi connectivity index (χ4v) is 1.98. The number of benzene rings is 2. The Morgan fingerprint density at radius 2 is 1.89 bits per heavy atom. The van der Waals surface area contributed by atoms with Gasteiger partial charge in [0.15, 0.2) is 5.82 Å². The lowest BCUT2D eigenvalue weighted by Gasteiger charge is -2.05. The van der Waals surface area contributed by atoms with Gasteiger partial charge in [-0.05, 0) is 47.2 Å². The van der Waals surface area contributed by atoms with E-state index in [-0.39, 0.29) is 0 Å². The number of aromatic nitrogens is 4. The van der Waals surface area contributed by atoms with E-state index in [4.69, 9.17) is 5.73 Å². The van der Waals surface area contributed by atoms with Crippen LogP contribution in [0.1, 0.15) is 5.56 Å². The fourth-order valence-electron chi connectivity index (χ4n) is 1.98. The molecule has 0 unspecified atom stereocenters. The summed E-state index contributed by atoms with van der Waals surface area (Å²) >= 11 is 0. The fraction of sp³-hybridized carbons (Fsp3) is 0.0714. The molecule has 2 N–H and O–H groups in total. The van der Waals surface area contributed by atoms with E-state index in [1.807, 2.05) is 55.5 Å². The van der Waals surface area contributed by atoms with E-state index >= 15 is 0 Å². The van der Waals surface area contributed by atoms with E-state index in [0.29, 0.717) is 11.5 Å². The van der Waals surface area contributed by atoms with Crippen molar-refractivity contribution < 1.29 is 0 Å². The maximum atomic E-state index is 5.80. The zero-order chi connectivity index (χ0) is 13.2. The molecule has 5 nitrogen and oxygen atoms in total. The van der Waals surface area contributed by atoms with E-state index in [9.17, 15) is 0 Å². The van der Waals surface area contributed by atoms with Gasteiger partial charge in [-0.25, -0.2) is 0 Å². The topological polar surface area (TPSA) is 69.6 Å². The highest BCUT2D eigenvalue weighted by molar-refractivity contribution is 5.62. The first-order chi connectivity index (χ1) is 9.24. The molecule has 0 spiro atoms. The van der Waals surface area contributed by atoms with Gasteiger partial charge in [-0.2, -0.15) is 4.68 Å². The van der Waals surface area contributed by atoms with E-state index in [0.717, 1.165) is 16.8 Å². The third kappa shape index (κ3) is 2.18. The molecule has 5 heteroatoms. The van der Waals surface area contributed by atoms with Crippen molar-refractivity contribution in [2.45, 2.75) is 6.92 Å². The summed E-state index contributed by atoms with van der Waals surface area (Å²) in [5, 5.41) is 11.9. The Hall–Kier alpha value is -2.69. The Labute approximate surface area is 110 Å². The van der Waals surface area contributed by atoms with Crippen molar-refractivity contribution in [1.82, 2.24) is 20.2 Å². The zero-order valence-corrected chi connectivity index (χ0v) is 10.5. The van der Waals surface area contributed by atoms with Gasteiger partial charge in [0.05, 0.1) is 5.69 Å². The molecule has 0 atom stereocenters. The van der Waals surface area contributed by atoms with Gasteiger partial charge in [-0.1, -0.05) is 24.3 Å². The Balaban J connectivity index is 2.13. The van der Waals surface area contributed by atoms with Crippen LogP contribution in [0.25, 0.3) is 17.1 Å². The molecule has 1 aromatic heterocycles. The zero-order valence-electron chi connectivity index (χ0n) is 10.5. The minimum absolute atomic E-state index is 0.679. The van der Waals surface area contributed by atoms with Crippen LogP contribution in [-0.4, -0.2) is 20.2 Å². The maximum Gasteiger partial charge on any atom is 0.187 e.